The topological polar surface area (TPSA) is 21.3 Å². The highest BCUT2D eigenvalue weighted by Gasteiger charge is 2.51. The predicted octanol–water partition coefficient (Wildman–Crippen LogP) is 5.80. The Morgan fingerprint density at radius 3 is 2.78 bits per heavy atom. The van der Waals surface area contributed by atoms with E-state index in [-0.39, 0.29) is 12.4 Å². The summed E-state index contributed by atoms with van der Waals surface area (Å²) in [6, 6.07) is 16.0. The summed E-state index contributed by atoms with van der Waals surface area (Å²) in [6.45, 7) is 1.80. The molecule has 144 valence electrons. The Labute approximate surface area is 176 Å². The Hall–Kier alpha value is -1.03. The smallest absolute Gasteiger partial charge is 0.120 e. The van der Waals surface area contributed by atoms with Crippen LogP contribution in [-0.4, -0.2) is 12.6 Å². The van der Waals surface area contributed by atoms with Crippen LogP contribution in [0.25, 0.3) is 0 Å². The summed E-state index contributed by atoms with van der Waals surface area (Å²) in [5.41, 5.74) is 4.77. The minimum absolute atomic E-state index is 0. The molecule has 1 saturated heterocycles. The third-order valence-electron chi connectivity index (χ3n) is 6.94. The molecule has 1 N–H and O–H groups in total. The number of fused-ring (bicyclic) bond motifs is 1. The van der Waals surface area contributed by atoms with Crippen molar-refractivity contribution in [1.29, 1.82) is 0 Å². The van der Waals surface area contributed by atoms with Crippen LogP contribution in [0, 0.1) is 5.92 Å². The first-order valence-corrected chi connectivity index (χ1v) is 10.8. The van der Waals surface area contributed by atoms with Gasteiger partial charge in [0.25, 0.3) is 0 Å². The van der Waals surface area contributed by atoms with E-state index in [4.69, 9.17) is 4.74 Å². The molecule has 3 atom stereocenters. The number of hydrogen-bond donors (Lipinski definition) is 1. The van der Waals surface area contributed by atoms with Gasteiger partial charge in [-0.25, -0.2) is 0 Å². The highest BCUT2D eigenvalue weighted by atomic mass is 79.9. The Morgan fingerprint density at radius 2 is 1.93 bits per heavy atom. The lowest BCUT2D eigenvalue weighted by molar-refractivity contribution is 0.0794. The number of ether oxygens (including phenoxy) is 1. The van der Waals surface area contributed by atoms with Crippen molar-refractivity contribution >= 4 is 28.3 Å². The Morgan fingerprint density at radius 1 is 1.07 bits per heavy atom. The molecule has 5 rings (SSSR count). The first kappa shape index (κ1) is 19.3. The second-order valence-electron chi connectivity index (χ2n) is 8.26. The molecule has 2 aliphatic carbocycles. The van der Waals surface area contributed by atoms with Gasteiger partial charge in [0.05, 0.1) is 0 Å². The fourth-order valence-electron chi connectivity index (χ4n) is 5.74. The van der Waals surface area contributed by atoms with Gasteiger partial charge in [0.15, 0.2) is 0 Å². The van der Waals surface area contributed by atoms with Gasteiger partial charge in [-0.3, -0.25) is 0 Å². The summed E-state index contributed by atoms with van der Waals surface area (Å²) in [4.78, 5) is 0. The summed E-state index contributed by atoms with van der Waals surface area (Å²) in [5, 5.41) is 3.82. The Balaban J connectivity index is 0.00000180. The van der Waals surface area contributed by atoms with E-state index in [9.17, 15) is 0 Å². The van der Waals surface area contributed by atoms with E-state index < -0.39 is 0 Å². The Bertz CT molecular complexity index is 805. The number of halogens is 2. The second-order valence-corrected chi connectivity index (χ2v) is 9.17. The maximum atomic E-state index is 6.18. The van der Waals surface area contributed by atoms with Crippen molar-refractivity contribution in [2.24, 2.45) is 5.92 Å². The first-order chi connectivity index (χ1) is 12.7. The van der Waals surface area contributed by atoms with E-state index >= 15 is 0 Å². The monoisotopic (exact) mass is 447 g/mol. The van der Waals surface area contributed by atoms with Crippen LogP contribution in [-0.2, 0) is 18.4 Å². The number of rotatable bonds is 3. The van der Waals surface area contributed by atoms with Crippen LogP contribution < -0.4 is 10.1 Å². The standard InChI is InChI=1S/C23H26BrNO.ClH/c24-18-7-4-16(5-8-18)15-26-19-9-6-17-13-22-20-3-1-2-10-23(20,11-12-25-22)21(17)14-19;/h4-9,14,20,22,25H,1-3,10-13,15H2;1H. The molecule has 2 fully saturated rings. The van der Waals surface area contributed by atoms with Crippen LogP contribution in [0.4, 0.5) is 0 Å². The first-order valence-electron chi connectivity index (χ1n) is 9.99. The lowest BCUT2D eigenvalue weighted by Crippen LogP contribution is -2.59. The van der Waals surface area contributed by atoms with Gasteiger partial charge < -0.3 is 10.1 Å². The molecule has 3 aliphatic rings. The van der Waals surface area contributed by atoms with Crippen LogP contribution in [0.1, 0.15) is 48.8 Å². The summed E-state index contributed by atoms with van der Waals surface area (Å²) >= 11 is 3.49. The summed E-state index contributed by atoms with van der Waals surface area (Å²) in [7, 11) is 0. The van der Waals surface area contributed by atoms with Gasteiger partial charge in [0.1, 0.15) is 12.4 Å². The molecule has 1 heterocycles. The van der Waals surface area contributed by atoms with Crippen molar-refractivity contribution in [3.05, 3.63) is 63.6 Å². The van der Waals surface area contributed by atoms with Crippen LogP contribution in [0.15, 0.2) is 46.9 Å². The molecule has 27 heavy (non-hydrogen) atoms. The number of nitrogens with one attached hydrogen (secondary N) is 1. The van der Waals surface area contributed by atoms with Gasteiger partial charge in [-0.1, -0.05) is 47.0 Å². The van der Waals surface area contributed by atoms with Crippen molar-refractivity contribution in [2.45, 2.75) is 56.6 Å². The zero-order valence-corrected chi connectivity index (χ0v) is 17.9. The zero-order valence-electron chi connectivity index (χ0n) is 15.5. The molecule has 0 amide bonds. The lowest BCUT2D eigenvalue weighted by atomic mass is 9.53. The molecule has 2 aromatic carbocycles. The highest BCUT2D eigenvalue weighted by Crippen LogP contribution is 2.54. The van der Waals surface area contributed by atoms with Crippen molar-refractivity contribution in [2.75, 3.05) is 6.54 Å². The number of benzene rings is 2. The van der Waals surface area contributed by atoms with Gasteiger partial charge in [-0.15, -0.1) is 12.4 Å². The number of piperidine rings is 1. The van der Waals surface area contributed by atoms with Crippen LogP contribution in [0.5, 0.6) is 5.75 Å². The highest BCUT2D eigenvalue weighted by molar-refractivity contribution is 9.10. The van der Waals surface area contributed by atoms with Crippen molar-refractivity contribution < 1.29 is 4.74 Å². The molecule has 3 unspecified atom stereocenters. The van der Waals surface area contributed by atoms with Gasteiger partial charge in [0.2, 0.25) is 0 Å². The molecule has 1 saturated carbocycles. The van der Waals surface area contributed by atoms with Crippen LogP contribution in [0.2, 0.25) is 0 Å². The van der Waals surface area contributed by atoms with E-state index in [0.717, 1.165) is 16.1 Å². The molecule has 2 bridgehead atoms. The molecule has 2 nitrogen and oxygen atoms in total. The minimum atomic E-state index is 0. The average Bonchev–Trinajstić information content (AvgIpc) is 2.68. The quantitative estimate of drug-likeness (QED) is 0.641. The van der Waals surface area contributed by atoms with Gasteiger partial charge in [0, 0.05) is 15.9 Å². The molecule has 0 aromatic heterocycles. The van der Waals surface area contributed by atoms with Crippen molar-refractivity contribution in [1.82, 2.24) is 5.32 Å². The maximum Gasteiger partial charge on any atom is 0.120 e. The van der Waals surface area contributed by atoms with Crippen molar-refractivity contribution in [3.63, 3.8) is 0 Å². The fourth-order valence-corrected chi connectivity index (χ4v) is 6.00. The Kier molecular flexibility index (Phi) is 5.55. The van der Waals surface area contributed by atoms with E-state index in [2.05, 4.69) is 63.7 Å². The normalized spacial score (nSPS) is 28.5. The molecule has 1 aliphatic heterocycles. The van der Waals surface area contributed by atoms with Gasteiger partial charge >= 0.3 is 0 Å². The van der Waals surface area contributed by atoms with E-state index in [1.165, 1.54) is 50.6 Å². The lowest BCUT2D eigenvalue weighted by Gasteiger charge is -2.56. The fraction of sp³-hybridized carbons (Fsp3) is 0.478. The largest absolute Gasteiger partial charge is 0.489 e. The molecule has 0 radical (unpaired) electrons. The van der Waals surface area contributed by atoms with E-state index in [1.807, 2.05) is 0 Å². The summed E-state index contributed by atoms with van der Waals surface area (Å²) in [6.07, 6.45) is 8.01. The second kappa shape index (κ2) is 7.77. The molecule has 2 aromatic rings. The number of hydrogen-bond acceptors (Lipinski definition) is 2. The predicted molar refractivity (Wildman–Crippen MR) is 116 cm³/mol. The van der Waals surface area contributed by atoms with Gasteiger partial charge in [-0.05, 0) is 79.1 Å². The SMILES string of the molecule is Brc1ccc(COc2ccc3c(c2)C24CCCCC2C(C3)NCC4)cc1.Cl. The molecular formula is C23H27BrClNO. The van der Waals surface area contributed by atoms with E-state index in [1.54, 1.807) is 11.1 Å². The zero-order chi connectivity index (χ0) is 17.6. The third kappa shape index (κ3) is 3.43. The average molecular weight is 449 g/mol. The summed E-state index contributed by atoms with van der Waals surface area (Å²) in [5.74, 6) is 1.85. The summed E-state index contributed by atoms with van der Waals surface area (Å²) < 4.78 is 7.29. The van der Waals surface area contributed by atoms with Gasteiger partial charge in [-0.2, -0.15) is 0 Å². The van der Waals surface area contributed by atoms with E-state index in [0.29, 0.717) is 18.1 Å². The third-order valence-corrected chi connectivity index (χ3v) is 7.47. The minimum Gasteiger partial charge on any atom is -0.489 e. The molecular weight excluding hydrogens is 422 g/mol. The van der Waals surface area contributed by atoms with Crippen molar-refractivity contribution in [3.8, 4) is 5.75 Å². The van der Waals surface area contributed by atoms with Crippen LogP contribution >= 0.6 is 28.3 Å². The maximum absolute atomic E-state index is 6.18. The molecule has 4 heteroatoms. The van der Waals surface area contributed by atoms with Crippen LogP contribution in [0.3, 0.4) is 0 Å². The molecule has 0 spiro atoms.